The Kier molecular flexibility index (Phi) is 3.52. The van der Waals surface area contributed by atoms with Crippen molar-refractivity contribution in [1.82, 2.24) is 4.90 Å². The van der Waals surface area contributed by atoms with Crippen LogP contribution in [-0.2, 0) is 0 Å². The molecule has 0 saturated heterocycles. The van der Waals surface area contributed by atoms with Crippen LogP contribution in [0.15, 0.2) is 54.6 Å². The first kappa shape index (κ1) is 14.4. The van der Waals surface area contributed by atoms with Crippen molar-refractivity contribution in [2.45, 2.75) is 12.3 Å². The number of carbonyl (C=O) groups is 1. The summed E-state index contributed by atoms with van der Waals surface area (Å²) in [5.41, 5.74) is 1.40. The Morgan fingerprint density at radius 1 is 1.00 bits per heavy atom. The number of nitrogens with one attached hydrogen (secondary N) is 1. The average Bonchev–Trinajstić information content (AvgIpc) is 2.50. The molecule has 1 N–H and O–H groups in total. The van der Waals surface area contributed by atoms with Crippen LogP contribution in [0.3, 0.4) is 0 Å². The van der Waals surface area contributed by atoms with E-state index in [9.17, 15) is 18.0 Å². The highest BCUT2D eigenvalue weighted by Crippen LogP contribution is 2.34. The zero-order valence-corrected chi connectivity index (χ0v) is 11.5. The third kappa shape index (κ3) is 2.77. The van der Waals surface area contributed by atoms with Gasteiger partial charge >= 0.3 is 6.18 Å². The van der Waals surface area contributed by atoms with E-state index < -0.39 is 24.8 Å². The number of hydrogen-bond donors (Lipinski definition) is 1. The first-order valence-electron chi connectivity index (χ1n) is 6.74. The molecule has 6 heteroatoms. The van der Waals surface area contributed by atoms with Crippen LogP contribution in [0, 0.1) is 0 Å². The molecule has 2 aromatic rings. The summed E-state index contributed by atoms with van der Waals surface area (Å²) >= 11 is 0. The van der Waals surface area contributed by atoms with Gasteiger partial charge in [0, 0.05) is 5.69 Å². The lowest BCUT2D eigenvalue weighted by atomic mass is 10.0. The van der Waals surface area contributed by atoms with Crippen LogP contribution in [-0.4, -0.2) is 23.5 Å². The van der Waals surface area contributed by atoms with Gasteiger partial charge in [-0.1, -0.05) is 42.5 Å². The predicted octanol–water partition coefficient (Wildman–Crippen LogP) is 3.82. The van der Waals surface area contributed by atoms with E-state index in [1.165, 1.54) is 6.07 Å². The molecule has 0 aromatic heterocycles. The van der Waals surface area contributed by atoms with Crippen LogP contribution < -0.4 is 5.32 Å². The number of alkyl halides is 3. The number of benzene rings is 2. The standard InChI is InChI=1S/C16H13F3N2O/c17-16(18,19)10-21-14(11-6-2-1-3-7-11)20-13-9-5-4-8-12(13)15(21)22/h1-9,14,20H,10H2/t14-/m0/s1. The van der Waals surface area contributed by atoms with Crippen LogP contribution >= 0.6 is 0 Å². The number of nitrogens with zero attached hydrogens (tertiary/aromatic N) is 1. The highest BCUT2D eigenvalue weighted by Gasteiger charge is 2.40. The number of hydrogen-bond acceptors (Lipinski definition) is 2. The fraction of sp³-hybridized carbons (Fsp3) is 0.188. The molecule has 3 rings (SSSR count). The van der Waals surface area contributed by atoms with Gasteiger partial charge in [-0.05, 0) is 17.7 Å². The molecule has 1 aliphatic rings. The van der Waals surface area contributed by atoms with Crippen LogP contribution in [0.25, 0.3) is 0 Å². The maximum absolute atomic E-state index is 12.9. The van der Waals surface area contributed by atoms with E-state index in [4.69, 9.17) is 0 Å². The molecule has 2 aromatic carbocycles. The highest BCUT2D eigenvalue weighted by atomic mass is 19.4. The van der Waals surface area contributed by atoms with Gasteiger partial charge in [0.2, 0.25) is 0 Å². The van der Waals surface area contributed by atoms with Crippen molar-refractivity contribution in [3.63, 3.8) is 0 Å². The topological polar surface area (TPSA) is 32.3 Å². The summed E-state index contributed by atoms with van der Waals surface area (Å²) in [6, 6.07) is 15.2. The van der Waals surface area contributed by atoms with Crippen molar-refractivity contribution in [3.8, 4) is 0 Å². The number of para-hydroxylation sites is 1. The van der Waals surface area contributed by atoms with E-state index in [1.807, 2.05) is 0 Å². The SMILES string of the molecule is O=C1c2ccccc2N[C@H](c2ccccc2)N1CC(F)(F)F. The molecule has 0 bridgehead atoms. The minimum atomic E-state index is -4.46. The number of rotatable bonds is 2. The predicted molar refractivity (Wildman–Crippen MR) is 76.3 cm³/mol. The van der Waals surface area contributed by atoms with Crippen molar-refractivity contribution in [3.05, 3.63) is 65.7 Å². The lowest BCUT2D eigenvalue weighted by Crippen LogP contribution is -2.47. The molecule has 0 aliphatic carbocycles. The molecule has 114 valence electrons. The number of carbonyl (C=O) groups excluding carboxylic acids is 1. The number of halogens is 3. The molecule has 0 saturated carbocycles. The summed E-state index contributed by atoms with van der Waals surface area (Å²) in [5, 5.41) is 3.02. The zero-order valence-electron chi connectivity index (χ0n) is 11.5. The fourth-order valence-electron chi connectivity index (χ4n) is 2.55. The fourth-order valence-corrected chi connectivity index (χ4v) is 2.55. The second-order valence-corrected chi connectivity index (χ2v) is 5.05. The molecule has 0 unspecified atom stereocenters. The van der Waals surface area contributed by atoms with Crippen LogP contribution in [0.5, 0.6) is 0 Å². The van der Waals surface area contributed by atoms with Crippen LogP contribution in [0.1, 0.15) is 22.1 Å². The van der Waals surface area contributed by atoms with Crippen molar-refractivity contribution < 1.29 is 18.0 Å². The number of amides is 1. The molecule has 22 heavy (non-hydrogen) atoms. The van der Waals surface area contributed by atoms with E-state index in [0.29, 0.717) is 11.3 Å². The quantitative estimate of drug-likeness (QED) is 0.915. The highest BCUT2D eigenvalue weighted by molar-refractivity contribution is 6.01. The van der Waals surface area contributed by atoms with Gasteiger partial charge in [0.25, 0.3) is 5.91 Å². The Bertz CT molecular complexity index is 685. The monoisotopic (exact) mass is 306 g/mol. The molecular weight excluding hydrogens is 293 g/mol. The second kappa shape index (κ2) is 5.36. The third-order valence-electron chi connectivity index (χ3n) is 3.49. The van der Waals surface area contributed by atoms with Gasteiger partial charge in [-0.3, -0.25) is 4.79 Å². The van der Waals surface area contributed by atoms with Crippen LogP contribution in [0.2, 0.25) is 0 Å². The van der Waals surface area contributed by atoms with Gasteiger partial charge in [-0.2, -0.15) is 13.2 Å². The molecule has 0 spiro atoms. The Hall–Kier alpha value is -2.50. The molecule has 1 aliphatic heterocycles. The third-order valence-corrected chi connectivity index (χ3v) is 3.49. The maximum atomic E-state index is 12.9. The smallest absolute Gasteiger partial charge is 0.361 e. The van der Waals surface area contributed by atoms with Gasteiger partial charge in [0.15, 0.2) is 0 Å². The Morgan fingerprint density at radius 2 is 1.64 bits per heavy atom. The van der Waals surface area contributed by atoms with Gasteiger partial charge < -0.3 is 10.2 Å². The second-order valence-electron chi connectivity index (χ2n) is 5.05. The minimum absolute atomic E-state index is 0.249. The maximum Gasteiger partial charge on any atom is 0.406 e. The first-order valence-corrected chi connectivity index (χ1v) is 6.74. The van der Waals surface area contributed by atoms with Gasteiger partial charge in [0.1, 0.15) is 12.7 Å². The molecule has 0 fully saturated rings. The molecule has 0 radical (unpaired) electrons. The van der Waals surface area contributed by atoms with Crippen molar-refractivity contribution in [2.24, 2.45) is 0 Å². The summed E-state index contributed by atoms with van der Waals surface area (Å²) in [5.74, 6) is -0.625. The van der Waals surface area contributed by atoms with E-state index in [0.717, 1.165) is 4.90 Å². The Balaban J connectivity index is 2.04. The Labute approximate surface area is 125 Å². The molecule has 1 heterocycles. The molecular formula is C16H13F3N2O. The lowest BCUT2D eigenvalue weighted by Gasteiger charge is -2.38. The summed E-state index contributed by atoms with van der Waals surface area (Å²) in [4.78, 5) is 13.3. The van der Waals surface area contributed by atoms with Gasteiger partial charge in [-0.25, -0.2) is 0 Å². The van der Waals surface area contributed by atoms with Crippen molar-refractivity contribution in [1.29, 1.82) is 0 Å². The summed E-state index contributed by atoms with van der Waals surface area (Å²) < 4.78 is 38.6. The summed E-state index contributed by atoms with van der Waals surface area (Å²) in [6.45, 7) is -1.30. The molecule has 1 atom stereocenters. The largest absolute Gasteiger partial charge is 0.406 e. The van der Waals surface area contributed by atoms with E-state index in [2.05, 4.69) is 5.32 Å². The zero-order chi connectivity index (χ0) is 15.7. The number of anilines is 1. The van der Waals surface area contributed by atoms with Crippen molar-refractivity contribution >= 4 is 11.6 Å². The summed E-state index contributed by atoms with van der Waals surface area (Å²) in [7, 11) is 0. The van der Waals surface area contributed by atoms with Gasteiger partial charge in [-0.15, -0.1) is 0 Å². The molecule has 1 amide bonds. The van der Waals surface area contributed by atoms with E-state index in [1.54, 1.807) is 48.5 Å². The van der Waals surface area contributed by atoms with E-state index in [-0.39, 0.29) is 5.56 Å². The Morgan fingerprint density at radius 3 is 2.32 bits per heavy atom. The average molecular weight is 306 g/mol. The van der Waals surface area contributed by atoms with Crippen LogP contribution in [0.4, 0.5) is 18.9 Å². The minimum Gasteiger partial charge on any atom is -0.361 e. The number of fused-ring (bicyclic) bond motifs is 1. The molecule has 3 nitrogen and oxygen atoms in total. The van der Waals surface area contributed by atoms with E-state index >= 15 is 0 Å². The van der Waals surface area contributed by atoms with Crippen molar-refractivity contribution in [2.75, 3.05) is 11.9 Å². The normalized spacial score (nSPS) is 17.9. The van der Waals surface area contributed by atoms with Gasteiger partial charge in [0.05, 0.1) is 5.56 Å². The first-order chi connectivity index (χ1) is 10.5. The lowest BCUT2D eigenvalue weighted by molar-refractivity contribution is -0.144. The summed E-state index contributed by atoms with van der Waals surface area (Å²) in [6.07, 6.45) is -5.30.